The Bertz CT molecular complexity index is 858. The number of nitriles is 1. The molecule has 132 valence electrons. The molecular weight excluding hydrogens is 334 g/mol. The first kappa shape index (κ1) is 17.6. The van der Waals surface area contributed by atoms with Gasteiger partial charge in [-0.05, 0) is 35.9 Å². The predicted octanol–water partition coefficient (Wildman–Crippen LogP) is 1.36. The molecule has 3 N–H and O–H groups in total. The summed E-state index contributed by atoms with van der Waals surface area (Å²) in [5.41, 5.74) is 1.95. The number of carbonyl (C=O) groups is 2. The van der Waals surface area contributed by atoms with Crippen LogP contribution < -0.4 is 10.6 Å². The molecule has 1 aliphatic rings. The normalized spacial score (nSPS) is 17.7. The average molecular weight is 351 g/mol. The minimum Gasteiger partial charge on any atom is -0.386 e. The number of anilines is 1. The summed E-state index contributed by atoms with van der Waals surface area (Å²) >= 11 is 0. The van der Waals surface area contributed by atoms with E-state index in [0.717, 1.165) is 0 Å². The highest BCUT2D eigenvalue weighted by Crippen LogP contribution is 2.21. The lowest BCUT2D eigenvalue weighted by Crippen LogP contribution is -2.48. The van der Waals surface area contributed by atoms with Crippen molar-refractivity contribution in [2.24, 2.45) is 0 Å². The van der Waals surface area contributed by atoms with Crippen molar-refractivity contribution in [1.29, 1.82) is 5.26 Å². The second-order valence-corrected chi connectivity index (χ2v) is 5.90. The van der Waals surface area contributed by atoms with Gasteiger partial charge in [0.15, 0.2) is 0 Å². The van der Waals surface area contributed by atoms with Crippen molar-refractivity contribution < 1.29 is 19.4 Å². The molecule has 1 saturated heterocycles. The Morgan fingerprint density at radius 1 is 1.31 bits per heavy atom. The van der Waals surface area contributed by atoms with E-state index in [9.17, 15) is 14.7 Å². The Kier molecular flexibility index (Phi) is 5.27. The van der Waals surface area contributed by atoms with E-state index in [1.54, 1.807) is 42.5 Å². The number of carbonyl (C=O) groups excluding carboxylic acids is 2. The maximum Gasteiger partial charge on any atom is 0.255 e. The van der Waals surface area contributed by atoms with Crippen LogP contribution in [-0.2, 0) is 9.53 Å². The van der Waals surface area contributed by atoms with E-state index >= 15 is 0 Å². The Morgan fingerprint density at radius 2 is 2.08 bits per heavy atom. The zero-order valence-electron chi connectivity index (χ0n) is 13.8. The van der Waals surface area contributed by atoms with Gasteiger partial charge in [0.1, 0.15) is 12.7 Å². The van der Waals surface area contributed by atoms with Gasteiger partial charge in [-0.15, -0.1) is 0 Å². The molecule has 0 bridgehead atoms. The van der Waals surface area contributed by atoms with Gasteiger partial charge in [0.2, 0.25) is 5.91 Å². The van der Waals surface area contributed by atoms with E-state index in [-0.39, 0.29) is 25.0 Å². The third-order valence-electron chi connectivity index (χ3n) is 4.02. The number of benzene rings is 2. The van der Waals surface area contributed by atoms with Crippen LogP contribution >= 0.6 is 0 Å². The summed E-state index contributed by atoms with van der Waals surface area (Å²) < 4.78 is 5.13. The SMILES string of the molecule is N#Cc1cccc(C(=O)Nc2ccc([C@@H](O)[C@H]3COCC(=O)N3)cc2)c1. The van der Waals surface area contributed by atoms with Gasteiger partial charge in [-0.3, -0.25) is 9.59 Å². The molecule has 1 heterocycles. The molecule has 0 aromatic heterocycles. The first-order valence-corrected chi connectivity index (χ1v) is 8.03. The van der Waals surface area contributed by atoms with Gasteiger partial charge in [0.05, 0.1) is 24.3 Å². The van der Waals surface area contributed by atoms with Crippen molar-refractivity contribution in [3.05, 3.63) is 65.2 Å². The van der Waals surface area contributed by atoms with E-state index in [1.807, 2.05) is 6.07 Å². The summed E-state index contributed by atoms with van der Waals surface area (Å²) in [5.74, 6) is -0.591. The van der Waals surface area contributed by atoms with Gasteiger partial charge < -0.3 is 20.5 Å². The number of ether oxygens (including phenoxy) is 1. The van der Waals surface area contributed by atoms with Crippen LogP contribution in [0.4, 0.5) is 5.69 Å². The third-order valence-corrected chi connectivity index (χ3v) is 4.02. The molecule has 0 spiro atoms. The van der Waals surface area contributed by atoms with E-state index in [4.69, 9.17) is 10.00 Å². The fraction of sp³-hybridized carbons (Fsp3) is 0.211. The molecule has 3 rings (SSSR count). The molecule has 0 radical (unpaired) electrons. The molecule has 0 unspecified atom stereocenters. The van der Waals surface area contributed by atoms with Crippen molar-refractivity contribution in [2.75, 3.05) is 18.5 Å². The molecular formula is C19H17N3O4. The monoisotopic (exact) mass is 351 g/mol. The van der Waals surface area contributed by atoms with Crippen LogP contribution in [0, 0.1) is 11.3 Å². The zero-order valence-corrected chi connectivity index (χ0v) is 13.8. The summed E-state index contributed by atoms with van der Waals surface area (Å²) in [6.45, 7) is 0.238. The van der Waals surface area contributed by atoms with Crippen LogP contribution in [0.15, 0.2) is 48.5 Å². The first-order valence-electron chi connectivity index (χ1n) is 8.03. The van der Waals surface area contributed by atoms with Crippen molar-refractivity contribution in [1.82, 2.24) is 5.32 Å². The predicted molar refractivity (Wildman–Crippen MR) is 93.3 cm³/mol. The number of aliphatic hydroxyl groups excluding tert-OH is 1. The number of amides is 2. The van der Waals surface area contributed by atoms with Crippen molar-refractivity contribution in [3.63, 3.8) is 0 Å². The lowest BCUT2D eigenvalue weighted by molar-refractivity contribution is -0.133. The zero-order chi connectivity index (χ0) is 18.5. The summed E-state index contributed by atoms with van der Waals surface area (Å²) in [5, 5.41) is 24.7. The molecule has 7 heteroatoms. The summed E-state index contributed by atoms with van der Waals surface area (Å²) in [6, 6.07) is 14.6. The van der Waals surface area contributed by atoms with Crippen molar-refractivity contribution >= 4 is 17.5 Å². The van der Waals surface area contributed by atoms with Crippen LogP contribution in [0.25, 0.3) is 0 Å². The highest BCUT2D eigenvalue weighted by Gasteiger charge is 2.26. The highest BCUT2D eigenvalue weighted by atomic mass is 16.5. The quantitative estimate of drug-likeness (QED) is 0.770. The van der Waals surface area contributed by atoms with Crippen LogP contribution in [0.1, 0.15) is 27.6 Å². The number of aliphatic hydroxyl groups is 1. The molecule has 2 aromatic carbocycles. The lowest BCUT2D eigenvalue weighted by Gasteiger charge is -2.28. The first-order chi connectivity index (χ1) is 12.6. The Hall–Kier alpha value is -3.21. The maximum atomic E-state index is 12.3. The topological polar surface area (TPSA) is 111 Å². The average Bonchev–Trinajstić information content (AvgIpc) is 2.68. The number of rotatable bonds is 4. The van der Waals surface area contributed by atoms with E-state index < -0.39 is 12.1 Å². The fourth-order valence-corrected chi connectivity index (χ4v) is 2.67. The molecule has 2 atom stereocenters. The van der Waals surface area contributed by atoms with Gasteiger partial charge in [0.25, 0.3) is 5.91 Å². The standard InChI is InChI=1S/C19H17N3O4/c20-9-12-2-1-3-14(8-12)19(25)21-15-6-4-13(5-7-15)18(24)16-10-26-11-17(23)22-16/h1-8,16,18,24H,10-11H2,(H,21,25)(H,22,23)/t16-,18-/m1/s1. The minimum absolute atomic E-state index is 0.00118. The fourth-order valence-electron chi connectivity index (χ4n) is 2.67. The van der Waals surface area contributed by atoms with Gasteiger partial charge in [-0.25, -0.2) is 0 Å². The van der Waals surface area contributed by atoms with E-state index in [0.29, 0.717) is 22.4 Å². The smallest absolute Gasteiger partial charge is 0.255 e. The summed E-state index contributed by atoms with van der Waals surface area (Å²) in [7, 11) is 0. The van der Waals surface area contributed by atoms with E-state index in [2.05, 4.69) is 10.6 Å². The van der Waals surface area contributed by atoms with Gasteiger partial charge in [-0.2, -0.15) is 5.26 Å². The highest BCUT2D eigenvalue weighted by molar-refractivity contribution is 6.04. The van der Waals surface area contributed by atoms with Crippen LogP contribution in [0.3, 0.4) is 0 Å². The molecule has 26 heavy (non-hydrogen) atoms. The Labute approximate surface area is 150 Å². The molecule has 1 fully saturated rings. The third kappa shape index (κ3) is 4.06. The van der Waals surface area contributed by atoms with Crippen LogP contribution in [0.5, 0.6) is 0 Å². The largest absolute Gasteiger partial charge is 0.386 e. The van der Waals surface area contributed by atoms with Crippen LogP contribution in [-0.4, -0.2) is 36.2 Å². The Balaban J connectivity index is 1.66. The molecule has 1 aliphatic heterocycles. The molecule has 0 saturated carbocycles. The molecule has 2 aromatic rings. The number of hydrogen-bond donors (Lipinski definition) is 3. The van der Waals surface area contributed by atoms with Crippen LogP contribution in [0.2, 0.25) is 0 Å². The van der Waals surface area contributed by atoms with Gasteiger partial charge >= 0.3 is 0 Å². The summed E-state index contributed by atoms with van der Waals surface area (Å²) in [4.78, 5) is 23.6. The van der Waals surface area contributed by atoms with Gasteiger partial charge in [-0.1, -0.05) is 18.2 Å². The van der Waals surface area contributed by atoms with E-state index in [1.165, 1.54) is 6.07 Å². The Morgan fingerprint density at radius 3 is 2.77 bits per heavy atom. The summed E-state index contributed by atoms with van der Waals surface area (Å²) in [6.07, 6.45) is -0.906. The second kappa shape index (κ2) is 7.78. The van der Waals surface area contributed by atoms with Crippen molar-refractivity contribution in [3.8, 4) is 6.07 Å². The number of nitrogens with one attached hydrogen (secondary N) is 2. The lowest BCUT2D eigenvalue weighted by atomic mass is 10.0. The molecule has 0 aliphatic carbocycles. The van der Waals surface area contributed by atoms with Gasteiger partial charge in [0, 0.05) is 11.3 Å². The number of hydrogen-bond acceptors (Lipinski definition) is 5. The number of morpholine rings is 1. The maximum absolute atomic E-state index is 12.3. The molecule has 2 amide bonds. The van der Waals surface area contributed by atoms with Crippen molar-refractivity contribution in [2.45, 2.75) is 12.1 Å². The molecule has 7 nitrogen and oxygen atoms in total. The minimum atomic E-state index is -0.906. The number of nitrogens with zero attached hydrogens (tertiary/aromatic N) is 1. The second-order valence-electron chi connectivity index (χ2n) is 5.90.